The molecule has 0 amide bonds. The summed E-state index contributed by atoms with van der Waals surface area (Å²) in [6.07, 6.45) is 11.1. The largest absolute Gasteiger partial charge is 0.494 e. The monoisotopic (exact) mass is 392 g/mol. The Labute approximate surface area is 169 Å². The van der Waals surface area contributed by atoms with Crippen LogP contribution in [0.25, 0.3) is 0 Å². The highest BCUT2D eigenvalue weighted by Gasteiger charge is 2.33. The molecule has 1 aliphatic rings. The van der Waals surface area contributed by atoms with Crippen molar-refractivity contribution in [1.29, 1.82) is 0 Å². The Bertz CT molecular complexity index is 551. The molecular weight excluding hydrogens is 356 g/mol. The predicted molar refractivity (Wildman–Crippen MR) is 110 cm³/mol. The topological polar surface area (TPSA) is 65.0 Å². The number of carbonyl (C=O) groups is 1. The van der Waals surface area contributed by atoms with E-state index in [0.717, 1.165) is 38.6 Å². The molecule has 1 heterocycles. The molecule has 158 valence electrons. The first kappa shape index (κ1) is 22.7. The number of unbranched alkanes of at least 4 members (excludes halogenated alkanes) is 8. The second-order valence-electron chi connectivity index (χ2n) is 8.22. The number of rotatable bonds is 16. The van der Waals surface area contributed by atoms with E-state index < -0.39 is 5.97 Å². The second-order valence-corrected chi connectivity index (χ2v) is 8.22. The summed E-state index contributed by atoms with van der Waals surface area (Å²) >= 11 is 0. The Morgan fingerprint density at radius 3 is 1.96 bits per heavy atom. The average molecular weight is 393 g/mol. The maximum Gasteiger partial charge on any atom is 0.335 e. The Balaban J connectivity index is 1.31. The molecule has 0 unspecified atom stereocenters. The lowest BCUT2D eigenvalue weighted by Crippen LogP contribution is -2.43. The van der Waals surface area contributed by atoms with Gasteiger partial charge in [-0.05, 0) is 37.1 Å². The Morgan fingerprint density at radius 1 is 0.929 bits per heavy atom. The summed E-state index contributed by atoms with van der Waals surface area (Å²) in [6, 6.07) is 6.59. The summed E-state index contributed by atoms with van der Waals surface area (Å²) in [6.45, 7) is 6.33. The fraction of sp³-hybridized carbons (Fsp3) is 0.696. The molecule has 0 aliphatic carbocycles. The van der Waals surface area contributed by atoms with Gasteiger partial charge in [0.05, 0.1) is 32.0 Å². The molecule has 28 heavy (non-hydrogen) atoms. The van der Waals surface area contributed by atoms with Crippen molar-refractivity contribution in [3.8, 4) is 5.75 Å². The molecule has 1 N–H and O–H groups in total. The SMILES string of the molecule is CC1(COCCCCCCCCCCCOc2ccc(C(=O)O)cc2)COC1. The van der Waals surface area contributed by atoms with Crippen LogP contribution in [0, 0.1) is 5.41 Å². The van der Waals surface area contributed by atoms with E-state index in [2.05, 4.69) is 6.92 Å². The van der Waals surface area contributed by atoms with Crippen LogP contribution in [0.3, 0.4) is 0 Å². The molecule has 0 spiro atoms. The smallest absolute Gasteiger partial charge is 0.335 e. The summed E-state index contributed by atoms with van der Waals surface area (Å²) in [5.41, 5.74) is 0.564. The van der Waals surface area contributed by atoms with Gasteiger partial charge in [0.1, 0.15) is 5.75 Å². The summed E-state index contributed by atoms with van der Waals surface area (Å²) in [5, 5.41) is 8.86. The van der Waals surface area contributed by atoms with Gasteiger partial charge < -0.3 is 19.3 Å². The van der Waals surface area contributed by atoms with Crippen LogP contribution in [-0.4, -0.2) is 44.1 Å². The highest BCUT2D eigenvalue weighted by Crippen LogP contribution is 2.26. The van der Waals surface area contributed by atoms with E-state index in [-0.39, 0.29) is 11.0 Å². The van der Waals surface area contributed by atoms with Crippen molar-refractivity contribution in [2.24, 2.45) is 5.41 Å². The summed E-state index contributed by atoms with van der Waals surface area (Å²) in [7, 11) is 0. The third-order valence-electron chi connectivity index (χ3n) is 5.15. The van der Waals surface area contributed by atoms with Gasteiger partial charge in [0.25, 0.3) is 0 Å². The van der Waals surface area contributed by atoms with E-state index in [0.29, 0.717) is 6.61 Å². The van der Waals surface area contributed by atoms with Gasteiger partial charge in [-0.3, -0.25) is 0 Å². The Morgan fingerprint density at radius 2 is 1.46 bits per heavy atom. The number of carboxylic acids is 1. The van der Waals surface area contributed by atoms with Gasteiger partial charge >= 0.3 is 5.97 Å². The quantitative estimate of drug-likeness (QED) is 0.385. The Hall–Kier alpha value is -1.59. The van der Waals surface area contributed by atoms with Crippen molar-refractivity contribution < 1.29 is 24.1 Å². The van der Waals surface area contributed by atoms with E-state index in [1.54, 1.807) is 24.3 Å². The minimum atomic E-state index is -0.909. The maximum absolute atomic E-state index is 10.8. The number of aromatic carboxylic acids is 1. The molecule has 0 saturated carbocycles. The molecular formula is C23H36O5. The first-order valence-corrected chi connectivity index (χ1v) is 10.7. The van der Waals surface area contributed by atoms with Crippen LogP contribution in [0.4, 0.5) is 0 Å². The minimum Gasteiger partial charge on any atom is -0.494 e. The molecule has 1 aliphatic heterocycles. The molecule has 1 aromatic rings. The molecule has 1 fully saturated rings. The van der Waals surface area contributed by atoms with Crippen molar-refractivity contribution in [3.63, 3.8) is 0 Å². The highest BCUT2D eigenvalue weighted by molar-refractivity contribution is 5.87. The Kier molecular flexibility index (Phi) is 10.4. The van der Waals surface area contributed by atoms with Crippen LogP contribution in [0.2, 0.25) is 0 Å². The van der Waals surface area contributed by atoms with Gasteiger partial charge in [-0.2, -0.15) is 0 Å². The van der Waals surface area contributed by atoms with Gasteiger partial charge in [0.15, 0.2) is 0 Å². The highest BCUT2D eigenvalue weighted by atomic mass is 16.5. The van der Waals surface area contributed by atoms with E-state index in [4.69, 9.17) is 19.3 Å². The molecule has 5 heteroatoms. The fourth-order valence-electron chi connectivity index (χ4n) is 3.28. The predicted octanol–water partition coefficient (Wildman–Crippen LogP) is 5.33. The van der Waals surface area contributed by atoms with E-state index >= 15 is 0 Å². The zero-order valence-electron chi connectivity index (χ0n) is 17.3. The molecule has 1 aromatic carbocycles. The standard InChI is InChI=1S/C23H36O5/c1-23(18-27-19-23)17-26-15-9-7-5-3-2-4-6-8-10-16-28-21-13-11-20(12-14-21)22(24)25/h11-14H,2-10,15-19H2,1H3,(H,24,25). The van der Waals surface area contributed by atoms with Crippen LogP contribution in [0.5, 0.6) is 5.75 Å². The van der Waals surface area contributed by atoms with Crippen LogP contribution >= 0.6 is 0 Å². The van der Waals surface area contributed by atoms with Crippen LogP contribution in [-0.2, 0) is 9.47 Å². The van der Waals surface area contributed by atoms with Gasteiger partial charge in [-0.15, -0.1) is 0 Å². The van der Waals surface area contributed by atoms with Crippen molar-refractivity contribution in [2.75, 3.05) is 33.0 Å². The molecule has 0 radical (unpaired) electrons. The lowest BCUT2D eigenvalue weighted by Gasteiger charge is -2.37. The lowest BCUT2D eigenvalue weighted by molar-refractivity contribution is -0.137. The van der Waals surface area contributed by atoms with E-state index in [9.17, 15) is 4.79 Å². The zero-order chi connectivity index (χ0) is 20.1. The molecule has 0 aromatic heterocycles. The van der Waals surface area contributed by atoms with Crippen LogP contribution < -0.4 is 4.74 Å². The zero-order valence-corrected chi connectivity index (χ0v) is 17.3. The minimum absolute atomic E-state index is 0.274. The van der Waals surface area contributed by atoms with Gasteiger partial charge in [-0.1, -0.05) is 51.9 Å². The lowest BCUT2D eigenvalue weighted by atomic mass is 9.90. The summed E-state index contributed by atoms with van der Waals surface area (Å²) in [5.74, 6) is -0.169. The molecule has 1 saturated heterocycles. The van der Waals surface area contributed by atoms with Gasteiger partial charge in [-0.25, -0.2) is 4.79 Å². The first-order valence-electron chi connectivity index (χ1n) is 10.7. The third-order valence-corrected chi connectivity index (χ3v) is 5.15. The number of hydrogen-bond donors (Lipinski definition) is 1. The summed E-state index contributed by atoms with van der Waals surface area (Å²) < 4.78 is 16.6. The normalized spacial score (nSPS) is 15.2. The average Bonchev–Trinajstić information content (AvgIpc) is 2.67. The van der Waals surface area contributed by atoms with Crippen molar-refractivity contribution >= 4 is 5.97 Å². The maximum atomic E-state index is 10.8. The first-order chi connectivity index (χ1) is 13.6. The van der Waals surface area contributed by atoms with Crippen molar-refractivity contribution in [1.82, 2.24) is 0 Å². The van der Waals surface area contributed by atoms with E-state index in [1.807, 2.05) is 0 Å². The van der Waals surface area contributed by atoms with Crippen molar-refractivity contribution in [2.45, 2.75) is 64.7 Å². The van der Waals surface area contributed by atoms with Crippen molar-refractivity contribution in [3.05, 3.63) is 29.8 Å². The van der Waals surface area contributed by atoms with Gasteiger partial charge in [0.2, 0.25) is 0 Å². The third kappa shape index (κ3) is 9.07. The van der Waals surface area contributed by atoms with Crippen LogP contribution in [0.15, 0.2) is 24.3 Å². The van der Waals surface area contributed by atoms with Crippen LogP contribution in [0.1, 0.15) is 75.1 Å². The molecule has 0 atom stereocenters. The number of carboxylic acid groups (broad SMARTS) is 1. The molecule has 5 nitrogen and oxygen atoms in total. The molecule has 0 bridgehead atoms. The number of hydrogen-bond acceptors (Lipinski definition) is 4. The van der Waals surface area contributed by atoms with Gasteiger partial charge in [0, 0.05) is 12.0 Å². The fourth-order valence-corrected chi connectivity index (χ4v) is 3.28. The number of ether oxygens (including phenoxy) is 3. The van der Waals surface area contributed by atoms with E-state index in [1.165, 1.54) is 51.4 Å². The molecule has 2 rings (SSSR count). The summed E-state index contributed by atoms with van der Waals surface area (Å²) in [4.78, 5) is 10.8. The second kappa shape index (κ2) is 12.8. The number of benzene rings is 1.